The fraction of sp³-hybridized carbons (Fsp3) is 0.556. The Labute approximate surface area is 227 Å². The molecule has 1 aromatic heterocycles. The number of nitrogens with one attached hydrogen (secondary N) is 1. The zero-order valence-electron chi connectivity index (χ0n) is 22.8. The van der Waals surface area contributed by atoms with Gasteiger partial charge in [0.25, 0.3) is 6.47 Å². The zero-order valence-corrected chi connectivity index (χ0v) is 22.8. The van der Waals surface area contributed by atoms with Crippen LogP contribution in [0.4, 0.5) is 19.0 Å². The second-order valence-electron chi connectivity index (χ2n) is 8.48. The number of unbranched alkanes of at least 4 members (excludes halogenated alkanes) is 2. The maximum Gasteiger partial charge on any atom is 0.573 e. The molecule has 0 spiro atoms. The molecule has 0 aliphatic rings. The highest BCUT2D eigenvalue weighted by molar-refractivity contribution is 5.74. The Balaban J connectivity index is 0.00000139. The summed E-state index contributed by atoms with van der Waals surface area (Å²) in [4.78, 5) is 9.18. The van der Waals surface area contributed by atoms with Crippen LogP contribution in [-0.2, 0) is 20.7 Å². The van der Waals surface area contributed by atoms with Crippen molar-refractivity contribution in [1.29, 1.82) is 5.26 Å². The first-order valence-corrected chi connectivity index (χ1v) is 12.8. The van der Waals surface area contributed by atoms with E-state index in [4.69, 9.17) is 4.74 Å². The number of carbonyl (C=O) groups is 1. The Hall–Kier alpha value is -3.59. The topological polar surface area (TPSA) is 127 Å². The van der Waals surface area contributed by atoms with Crippen molar-refractivity contribution < 1.29 is 37.3 Å². The Morgan fingerprint density at radius 3 is 2.44 bits per heavy atom. The van der Waals surface area contributed by atoms with Crippen LogP contribution in [0.5, 0.6) is 11.5 Å². The number of phenolic OH excluding ortho intramolecular Hbond substituents is 1. The number of ether oxygens (including phenoxy) is 3. The summed E-state index contributed by atoms with van der Waals surface area (Å²) in [6.07, 6.45) is 1.15. The van der Waals surface area contributed by atoms with Gasteiger partial charge in [0.05, 0.1) is 6.61 Å². The summed E-state index contributed by atoms with van der Waals surface area (Å²) in [6.45, 7) is 7.29. The maximum absolute atomic E-state index is 12.5. The molecule has 1 atom stereocenters. The highest BCUT2D eigenvalue weighted by Gasteiger charge is 2.31. The first-order chi connectivity index (χ1) is 18.6. The molecule has 216 valence electrons. The Morgan fingerprint density at radius 2 is 1.92 bits per heavy atom. The Kier molecular flexibility index (Phi) is 15.3. The molecule has 12 heteroatoms. The molecule has 39 heavy (non-hydrogen) atoms. The van der Waals surface area contributed by atoms with E-state index < -0.39 is 17.9 Å². The largest absolute Gasteiger partial charge is 0.573 e. The van der Waals surface area contributed by atoms with Crippen molar-refractivity contribution >= 4 is 12.3 Å². The van der Waals surface area contributed by atoms with Crippen molar-refractivity contribution in [3.05, 3.63) is 29.3 Å². The van der Waals surface area contributed by atoms with Crippen LogP contribution in [0.25, 0.3) is 11.3 Å². The fourth-order valence-corrected chi connectivity index (χ4v) is 3.74. The molecule has 2 aromatic rings. The molecule has 1 heterocycles. The van der Waals surface area contributed by atoms with Crippen molar-refractivity contribution in [1.82, 2.24) is 10.2 Å². The molecule has 0 aliphatic carbocycles. The highest BCUT2D eigenvalue weighted by Crippen LogP contribution is 2.37. The lowest BCUT2D eigenvalue weighted by molar-refractivity contribution is -0.274. The highest BCUT2D eigenvalue weighted by atomic mass is 19.4. The summed E-state index contributed by atoms with van der Waals surface area (Å²) < 4.78 is 50.7. The van der Waals surface area contributed by atoms with E-state index in [9.17, 15) is 28.3 Å². The number of alkyl halides is 3. The van der Waals surface area contributed by atoms with E-state index in [1.165, 1.54) is 6.07 Å². The molecule has 0 aliphatic heterocycles. The van der Waals surface area contributed by atoms with E-state index in [0.717, 1.165) is 44.2 Å². The van der Waals surface area contributed by atoms with E-state index in [0.29, 0.717) is 49.5 Å². The number of benzene rings is 1. The van der Waals surface area contributed by atoms with E-state index in [-0.39, 0.29) is 17.3 Å². The van der Waals surface area contributed by atoms with Crippen molar-refractivity contribution in [2.75, 3.05) is 25.6 Å². The van der Waals surface area contributed by atoms with Gasteiger partial charge in [-0.2, -0.15) is 5.26 Å². The van der Waals surface area contributed by atoms with Gasteiger partial charge in [0.2, 0.25) is 0 Å². The second-order valence-corrected chi connectivity index (χ2v) is 8.48. The summed E-state index contributed by atoms with van der Waals surface area (Å²) in [5.41, 5.74) is 1.23. The van der Waals surface area contributed by atoms with E-state index in [1.54, 1.807) is 14.0 Å². The van der Waals surface area contributed by atoms with Gasteiger partial charge in [-0.15, -0.1) is 23.4 Å². The van der Waals surface area contributed by atoms with E-state index in [1.807, 2.05) is 0 Å². The van der Waals surface area contributed by atoms with Crippen molar-refractivity contribution in [2.24, 2.45) is 0 Å². The van der Waals surface area contributed by atoms with Gasteiger partial charge in [-0.3, -0.25) is 4.79 Å². The Bertz CT molecular complexity index is 1060. The van der Waals surface area contributed by atoms with Gasteiger partial charge in [-0.25, -0.2) is 0 Å². The number of phenols is 1. The number of hydrogen-bond donors (Lipinski definition) is 2. The summed E-state index contributed by atoms with van der Waals surface area (Å²) in [7, 11) is 1.57. The summed E-state index contributed by atoms with van der Waals surface area (Å²) in [5, 5.41) is 32.2. The van der Waals surface area contributed by atoms with Gasteiger partial charge >= 0.3 is 6.36 Å². The van der Waals surface area contributed by atoms with Gasteiger partial charge in [0.15, 0.2) is 5.82 Å². The standard InChI is InChI=1S/C24H31F3N4O3.C3H6O2/c1-4-6-7-9-16(5-2)29-23-20(15-28)18(10-8-13-33-3)22(30-31-23)19-12-11-17(14-21(19)32)34-24(25,26)27;1-2-5-3-4/h11-12,14,16,32H,4-10,13H2,1-3H3,(H,29,31);3H,2H2,1H3. The monoisotopic (exact) mass is 554 g/mol. The van der Waals surface area contributed by atoms with Crippen LogP contribution in [0, 0.1) is 11.3 Å². The van der Waals surface area contributed by atoms with Crippen LogP contribution < -0.4 is 10.1 Å². The zero-order chi connectivity index (χ0) is 29.3. The molecule has 0 saturated heterocycles. The fourth-order valence-electron chi connectivity index (χ4n) is 3.74. The van der Waals surface area contributed by atoms with Crippen LogP contribution in [0.15, 0.2) is 18.2 Å². The third kappa shape index (κ3) is 11.8. The number of aromatic nitrogens is 2. The molecule has 0 amide bonds. The lowest BCUT2D eigenvalue weighted by Gasteiger charge is -2.20. The molecule has 0 radical (unpaired) electrons. The first-order valence-electron chi connectivity index (χ1n) is 12.8. The maximum atomic E-state index is 12.5. The molecule has 9 nitrogen and oxygen atoms in total. The minimum absolute atomic E-state index is 0.123. The predicted octanol–water partition coefficient (Wildman–Crippen LogP) is 6.15. The second kappa shape index (κ2) is 17.8. The van der Waals surface area contributed by atoms with Crippen LogP contribution in [-0.4, -0.2) is 54.5 Å². The van der Waals surface area contributed by atoms with Gasteiger partial charge in [0, 0.05) is 37.0 Å². The molecule has 0 saturated carbocycles. The van der Waals surface area contributed by atoms with E-state index >= 15 is 0 Å². The number of halogens is 3. The number of nitrogens with zero attached hydrogens (tertiary/aromatic N) is 3. The smallest absolute Gasteiger partial charge is 0.507 e. The summed E-state index contributed by atoms with van der Waals surface area (Å²) in [5.74, 6) is -0.655. The van der Waals surface area contributed by atoms with Gasteiger partial charge in [-0.1, -0.05) is 33.1 Å². The number of rotatable bonds is 15. The van der Waals surface area contributed by atoms with Crippen LogP contribution in [0.1, 0.15) is 70.4 Å². The third-order valence-electron chi connectivity index (χ3n) is 5.64. The van der Waals surface area contributed by atoms with Gasteiger partial charge in [-0.05, 0) is 44.7 Å². The summed E-state index contributed by atoms with van der Waals surface area (Å²) in [6, 6.07) is 5.54. The number of anilines is 1. The molecule has 1 aromatic carbocycles. The molecule has 0 fully saturated rings. The quantitative estimate of drug-likeness (QED) is 0.197. The minimum Gasteiger partial charge on any atom is -0.507 e. The molecular formula is C27H37F3N4O5. The van der Waals surface area contributed by atoms with Gasteiger partial charge < -0.3 is 24.6 Å². The minimum atomic E-state index is -4.88. The van der Waals surface area contributed by atoms with Crippen molar-refractivity contribution in [3.8, 4) is 28.8 Å². The number of aromatic hydroxyl groups is 1. The first kappa shape index (κ1) is 33.4. The lowest BCUT2D eigenvalue weighted by Crippen LogP contribution is -2.21. The van der Waals surface area contributed by atoms with Crippen molar-refractivity contribution in [3.63, 3.8) is 0 Å². The molecule has 2 rings (SSSR count). The SMILES string of the molecule is CCCCCC(CC)Nc1nnc(-c2ccc(OC(F)(F)F)cc2O)c(CCCOC)c1C#N.CCOC=O. The Morgan fingerprint density at radius 1 is 1.18 bits per heavy atom. The lowest BCUT2D eigenvalue weighted by atomic mass is 9.97. The number of methoxy groups -OCH3 is 1. The molecular weight excluding hydrogens is 517 g/mol. The van der Waals surface area contributed by atoms with Crippen molar-refractivity contribution in [2.45, 2.75) is 78.1 Å². The van der Waals surface area contributed by atoms with Crippen LogP contribution >= 0.6 is 0 Å². The predicted molar refractivity (Wildman–Crippen MR) is 140 cm³/mol. The number of nitriles is 1. The molecule has 0 bridgehead atoms. The third-order valence-corrected chi connectivity index (χ3v) is 5.64. The average molecular weight is 555 g/mol. The number of carbonyl (C=O) groups excluding carboxylic acids is 1. The van der Waals surface area contributed by atoms with Crippen LogP contribution in [0.2, 0.25) is 0 Å². The molecule has 1 unspecified atom stereocenters. The van der Waals surface area contributed by atoms with Gasteiger partial charge in [0.1, 0.15) is 28.8 Å². The number of hydrogen-bond acceptors (Lipinski definition) is 9. The van der Waals surface area contributed by atoms with Crippen LogP contribution in [0.3, 0.4) is 0 Å². The summed E-state index contributed by atoms with van der Waals surface area (Å²) >= 11 is 0. The average Bonchev–Trinajstić information content (AvgIpc) is 2.88. The normalized spacial score (nSPS) is 11.5. The van der Waals surface area contributed by atoms with E-state index in [2.05, 4.69) is 44.9 Å². The molecule has 2 N–H and O–H groups in total.